The fourth-order valence-electron chi connectivity index (χ4n) is 1.42. The number of rotatable bonds is 1. The van der Waals surface area contributed by atoms with Gasteiger partial charge in [0, 0.05) is 4.91 Å². The van der Waals surface area contributed by atoms with Crippen LogP contribution in [0, 0.1) is 0 Å². The van der Waals surface area contributed by atoms with E-state index in [0.29, 0.717) is 17.3 Å². The molecule has 1 aromatic rings. The van der Waals surface area contributed by atoms with E-state index in [0.717, 1.165) is 5.56 Å². The molecule has 2 nitrogen and oxygen atoms in total. The summed E-state index contributed by atoms with van der Waals surface area (Å²) in [6.07, 6.45) is -0.0393. The van der Waals surface area contributed by atoms with E-state index >= 15 is 0 Å². The van der Waals surface area contributed by atoms with Crippen LogP contribution in [0.1, 0.15) is 11.7 Å². The van der Waals surface area contributed by atoms with Crippen LogP contribution in [0.25, 0.3) is 0 Å². The van der Waals surface area contributed by atoms with Crippen molar-refractivity contribution in [3.05, 3.63) is 47.4 Å². The van der Waals surface area contributed by atoms with Crippen LogP contribution in [0.3, 0.4) is 0 Å². The van der Waals surface area contributed by atoms with Gasteiger partial charge in [0.1, 0.15) is 0 Å². The second-order valence-corrected chi connectivity index (χ2v) is 4.86. The Labute approximate surface area is 86.0 Å². The van der Waals surface area contributed by atoms with Gasteiger partial charge in [0.05, 0.1) is 29.3 Å². The van der Waals surface area contributed by atoms with Gasteiger partial charge in [0.15, 0.2) is 0 Å². The summed E-state index contributed by atoms with van der Waals surface area (Å²) in [6.45, 7) is 4.11. The lowest BCUT2D eigenvalue weighted by Gasteiger charge is -2.23. The van der Waals surface area contributed by atoms with Crippen LogP contribution in [0.15, 0.2) is 41.8 Å². The summed E-state index contributed by atoms with van der Waals surface area (Å²) in [5.74, 6) is 0.531. The van der Waals surface area contributed by atoms with Gasteiger partial charge in [-0.25, -0.2) is 0 Å². The van der Waals surface area contributed by atoms with Crippen molar-refractivity contribution in [3.8, 4) is 0 Å². The lowest BCUT2D eigenvalue weighted by molar-refractivity contribution is 0.0842. The highest BCUT2D eigenvalue weighted by atomic mass is 32.2. The van der Waals surface area contributed by atoms with E-state index in [1.165, 1.54) is 0 Å². The minimum Gasteiger partial charge on any atom is -0.367 e. The highest BCUT2D eigenvalue weighted by Crippen LogP contribution is 2.25. The fourth-order valence-corrected chi connectivity index (χ4v) is 2.42. The number of ether oxygens (including phenoxy) is 1. The molecule has 1 saturated heterocycles. The molecule has 1 heterocycles. The third-order valence-corrected chi connectivity index (χ3v) is 3.61. The van der Waals surface area contributed by atoms with E-state index in [-0.39, 0.29) is 6.10 Å². The van der Waals surface area contributed by atoms with Crippen LogP contribution in [0.4, 0.5) is 0 Å². The Morgan fingerprint density at radius 2 is 2.07 bits per heavy atom. The zero-order valence-electron chi connectivity index (χ0n) is 7.81. The van der Waals surface area contributed by atoms with Crippen LogP contribution in [0.5, 0.6) is 0 Å². The van der Waals surface area contributed by atoms with Crippen molar-refractivity contribution in [1.82, 2.24) is 0 Å². The first-order valence-corrected chi connectivity index (χ1v) is 5.82. The minimum absolute atomic E-state index is 0.0393. The predicted octanol–water partition coefficient (Wildman–Crippen LogP) is 2.02. The highest BCUT2D eigenvalue weighted by molar-refractivity contribution is 7.89. The lowest BCUT2D eigenvalue weighted by atomic mass is 10.1. The van der Waals surface area contributed by atoms with E-state index in [2.05, 4.69) is 6.58 Å². The SMILES string of the molecule is C=C1CO[C@H](c2ccccc2)C[S@@]1=O. The predicted molar refractivity (Wildman–Crippen MR) is 57.3 cm³/mol. The monoisotopic (exact) mass is 208 g/mol. The number of hydrogen-bond donors (Lipinski definition) is 0. The molecule has 0 aromatic heterocycles. The molecule has 0 bridgehead atoms. The van der Waals surface area contributed by atoms with Crippen LogP contribution < -0.4 is 0 Å². The van der Waals surface area contributed by atoms with Crippen LogP contribution >= 0.6 is 0 Å². The molecular formula is C11H12O2S. The van der Waals surface area contributed by atoms with Crippen LogP contribution in [-0.4, -0.2) is 16.6 Å². The molecular weight excluding hydrogens is 196 g/mol. The lowest BCUT2D eigenvalue weighted by Crippen LogP contribution is -2.22. The molecule has 0 saturated carbocycles. The van der Waals surface area contributed by atoms with Gasteiger partial charge >= 0.3 is 0 Å². The molecule has 0 spiro atoms. The Morgan fingerprint density at radius 1 is 1.36 bits per heavy atom. The van der Waals surface area contributed by atoms with Gasteiger partial charge in [0.25, 0.3) is 0 Å². The summed E-state index contributed by atoms with van der Waals surface area (Å²) in [7, 11) is -0.935. The van der Waals surface area contributed by atoms with E-state index in [1.54, 1.807) is 0 Å². The highest BCUT2D eigenvalue weighted by Gasteiger charge is 2.22. The average Bonchev–Trinajstić information content (AvgIpc) is 2.23. The standard InChI is InChI=1S/C11H12O2S/c1-9-7-13-11(8-14(9)12)10-5-3-2-4-6-10/h2-6,11H,1,7-8H2/t11-,14-/m0/s1. The van der Waals surface area contributed by atoms with Crippen molar-refractivity contribution >= 4 is 10.8 Å². The van der Waals surface area contributed by atoms with Crippen LogP contribution in [0.2, 0.25) is 0 Å². The van der Waals surface area contributed by atoms with E-state index < -0.39 is 10.8 Å². The largest absolute Gasteiger partial charge is 0.367 e. The molecule has 2 atom stereocenters. The molecule has 3 heteroatoms. The van der Waals surface area contributed by atoms with Gasteiger partial charge in [-0.2, -0.15) is 0 Å². The third kappa shape index (κ3) is 1.94. The summed E-state index contributed by atoms with van der Waals surface area (Å²) in [4.78, 5) is 0.692. The quantitative estimate of drug-likeness (QED) is 0.705. The summed E-state index contributed by atoms with van der Waals surface area (Å²) < 4.78 is 17.1. The molecule has 1 fully saturated rings. The number of hydrogen-bond acceptors (Lipinski definition) is 2. The van der Waals surface area contributed by atoms with E-state index in [9.17, 15) is 4.21 Å². The Bertz CT molecular complexity index is 359. The molecule has 0 aliphatic carbocycles. The molecule has 1 aliphatic heterocycles. The summed E-state index contributed by atoms with van der Waals surface area (Å²) in [5, 5.41) is 0. The first-order chi connectivity index (χ1) is 6.77. The smallest absolute Gasteiger partial charge is 0.0948 e. The molecule has 0 unspecified atom stereocenters. The van der Waals surface area contributed by atoms with Gasteiger partial charge < -0.3 is 4.74 Å². The first kappa shape index (κ1) is 9.62. The van der Waals surface area contributed by atoms with Gasteiger partial charge in [-0.05, 0) is 5.56 Å². The molecule has 2 rings (SSSR count). The molecule has 1 aliphatic rings. The van der Waals surface area contributed by atoms with Crippen molar-refractivity contribution in [3.63, 3.8) is 0 Å². The second kappa shape index (κ2) is 4.07. The van der Waals surface area contributed by atoms with Gasteiger partial charge in [0.2, 0.25) is 0 Å². The van der Waals surface area contributed by atoms with Crippen molar-refractivity contribution in [2.75, 3.05) is 12.4 Å². The zero-order chi connectivity index (χ0) is 9.97. The van der Waals surface area contributed by atoms with E-state index in [1.807, 2.05) is 30.3 Å². The Balaban J connectivity index is 2.14. The molecule has 14 heavy (non-hydrogen) atoms. The molecule has 0 amide bonds. The third-order valence-electron chi connectivity index (χ3n) is 2.24. The molecule has 1 aromatic carbocycles. The van der Waals surface area contributed by atoms with E-state index in [4.69, 9.17) is 4.74 Å². The van der Waals surface area contributed by atoms with Crippen molar-refractivity contribution < 1.29 is 8.95 Å². The Morgan fingerprint density at radius 3 is 2.71 bits per heavy atom. The molecule has 0 radical (unpaired) electrons. The number of benzene rings is 1. The maximum absolute atomic E-state index is 11.5. The van der Waals surface area contributed by atoms with Crippen LogP contribution in [-0.2, 0) is 15.5 Å². The summed E-state index contributed by atoms with van der Waals surface area (Å²) in [5.41, 5.74) is 1.09. The summed E-state index contributed by atoms with van der Waals surface area (Å²) in [6, 6.07) is 9.88. The van der Waals surface area contributed by atoms with Gasteiger partial charge in [-0.15, -0.1) is 0 Å². The van der Waals surface area contributed by atoms with Crippen molar-refractivity contribution in [2.24, 2.45) is 0 Å². The topological polar surface area (TPSA) is 26.3 Å². The normalized spacial score (nSPS) is 27.6. The van der Waals surface area contributed by atoms with Gasteiger partial charge in [-0.3, -0.25) is 4.21 Å². The first-order valence-electron chi connectivity index (χ1n) is 4.50. The molecule has 0 N–H and O–H groups in total. The Hall–Kier alpha value is -0.930. The van der Waals surface area contributed by atoms with Gasteiger partial charge in [-0.1, -0.05) is 36.9 Å². The maximum atomic E-state index is 11.5. The van der Waals surface area contributed by atoms with Crippen molar-refractivity contribution in [2.45, 2.75) is 6.10 Å². The average molecular weight is 208 g/mol. The minimum atomic E-state index is -0.935. The Kier molecular flexibility index (Phi) is 2.79. The maximum Gasteiger partial charge on any atom is 0.0948 e. The molecule has 74 valence electrons. The zero-order valence-corrected chi connectivity index (χ0v) is 8.63. The fraction of sp³-hybridized carbons (Fsp3) is 0.273. The van der Waals surface area contributed by atoms with Crippen molar-refractivity contribution in [1.29, 1.82) is 0 Å². The second-order valence-electron chi connectivity index (χ2n) is 3.26. The summed E-state index contributed by atoms with van der Waals surface area (Å²) >= 11 is 0.